The summed E-state index contributed by atoms with van der Waals surface area (Å²) in [5.41, 5.74) is 2.99. The number of hydrogen-bond donors (Lipinski definition) is 2. The molecule has 3 rings (SSSR count). The van der Waals surface area contributed by atoms with Gasteiger partial charge < -0.3 is 9.15 Å². The number of fused-ring (bicyclic) bond motifs is 1. The van der Waals surface area contributed by atoms with Gasteiger partial charge in [0, 0.05) is 11.5 Å². The van der Waals surface area contributed by atoms with Gasteiger partial charge in [-0.15, -0.1) is 0 Å². The Balaban J connectivity index is 1.76. The Morgan fingerprint density at radius 3 is 2.46 bits per heavy atom. The van der Waals surface area contributed by atoms with Crippen molar-refractivity contribution in [1.29, 1.82) is 0 Å². The van der Waals surface area contributed by atoms with E-state index in [1.165, 1.54) is 24.3 Å². The first kappa shape index (κ1) is 19.1. The lowest BCUT2D eigenvalue weighted by molar-refractivity contribution is 0.0842. The highest BCUT2D eigenvalue weighted by atomic mass is 19.1. The van der Waals surface area contributed by atoms with Crippen LogP contribution in [0.15, 0.2) is 57.7 Å². The molecule has 0 unspecified atom stereocenters. The molecule has 7 nitrogen and oxygen atoms in total. The van der Waals surface area contributed by atoms with E-state index in [2.05, 4.69) is 10.9 Å². The van der Waals surface area contributed by atoms with Crippen LogP contribution >= 0.6 is 0 Å². The van der Waals surface area contributed by atoms with Crippen molar-refractivity contribution in [3.8, 4) is 5.75 Å². The van der Waals surface area contributed by atoms with E-state index in [-0.39, 0.29) is 16.7 Å². The molecule has 1 heterocycles. The van der Waals surface area contributed by atoms with Gasteiger partial charge in [-0.1, -0.05) is 19.1 Å². The van der Waals surface area contributed by atoms with E-state index in [9.17, 15) is 18.8 Å². The van der Waals surface area contributed by atoms with E-state index in [1.807, 2.05) is 6.92 Å². The minimum Gasteiger partial charge on any atom is -0.493 e. The van der Waals surface area contributed by atoms with Crippen LogP contribution in [0.1, 0.15) is 34.1 Å². The van der Waals surface area contributed by atoms with Crippen molar-refractivity contribution in [2.75, 3.05) is 6.61 Å². The Morgan fingerprint density at radius 1 is 1.04 bits per heavy atom. The van der Waals surface area contributed by atoms with E-state index in [1.54, 1.807) is 18.2 Å². The number of ether oxygens (including phenoxy) is 1. The normalized spacial score (nSPS) is 10.5. The number of rotatable bonds is 5. The third kappa shape index (κ3) is 4.17. The molecule has 0 fully saturated rings. The maximum atomic E-state index is 13.6. The molecule has 0 aliphatic carbocycles. The average Bonchev–Trinajstić information content (AvgIpc) is 2.69. The molecular weight excluding hydrogens is 367 g/mol. The number of carbonyl (C=O) groups excluding carboxylic acids is 2. The summed E-state index contributed by atoms with van der Waals surface area (Å²) in [5.74, 6) is -1.92. The number of nitrogens with one attached hydrogen (secondary N) is 2. The van der Waals surface area contributed by atoms with Gasteiger partial charge >= 0.3 is 5.63 Å². The molecule has 8 heteroatoms. The molecule has 0 spiro atoms. The van der Waals surface area contributed by atoms with E-state index in [0.29, 0.717) is 17.7 Å². The van der Waals surface area contributed by atoms with Crippen molar-refractivity contribution in [3.05, 3.63) is 75.9 Å². The fourth-order valence-corrected chi connectivity index (χ4v) is 2.45. The minimum atomic E-state index is -0.883. The van der Waals surface area contributed by atoms with E-state index in [4.69, 9.17) is 9.15 Å². The van der Waals surface area contributed by atoms with Crippen molar-refractivity contribution >= 4 is 22.8 Å². The molecule has 2 N–H and O–H groups in total. The lowest BCUT2D eigenvalue weighted by Crippen LogP contribution is -2.43. The van der Waals surface area contributed by atoms with Crippen LogP contribution < -0.4 is 21.2 Å². The van der Waals surface area contributed by atoms with Gasteiger partial charge in [-0.2, -0.15) is 0 Å². The van der Waals surface area contributed by atoms with Crippen LogP contribution in [0.25, 0.3) is 11.0 Å². The molecule has 2 aromatic carbocycles. The fourth-order valence-electron chi connectivity index (χ4n) is 2.45. The van der Waals surface area contributed by atoms with Gasteiger partial charge in [0.25, 0.3) is 11.8 Å². The number of amides is 2. The molecule has 0 atom stereocenters. The second-order valence-electron chi connectivity index (χ2n) is 5.88. The molecule has 0 aliphatic rings. The van der Waals surface area contributed by atoms with Gasteiger partial charge in [-0.05, 0) is 36.8 Å². The summed E-state index contributed by atoms with van der Waals surface area (Å²) >= 11 is 0. The molecular formula is C20H17FN2O5. The lowest BCUT2D eigenvalue weighted by Gasteiger charge is -2.08. The van der Waals surface area contributed by atoms with Crippen molar-refractivity contribution < 1.29 is 23.1 Å². The zero-order valence-corrected chi connectivity index (χ0v) is 15.0. The SMILES string of the molecule is CCCOc1ccc2cc(C(=O)NNC(=O)c3ccccc3F)c(=O)oc2c1. The zero-order valence-electron chi connectivity index (χ0n) is 15.0. The summed E-state index contributed by atoms with van der Waals surface area (Å²) in [6.07, 6.45) is 0.833. The molecule has 0 bridgehead atoms. The second-order valence-corrected chi connectivity index (χ2v) is 5.88. The Labute approximate surface area is 159 Å². The summed E-state index contributed by atoms with van der Waals surface area (Å²) in [6.45, 7) is 2.49. The topological polar surface area (TPSA) is 97.6 Å². The molecule has 0 saturated heterocycles. The summed E-state index contributed by atoms with van der Waals surface area (Å²) in [4.78, 5) is 36.3. The smallest absolute Gasteiger partial charge is 0.349 e. The standard InChI is InChI=1S/C20H17FN2O5/c1-2-9-27-13-8-7-12-10-15(20(26)28-17(12)11-13)19(25)23-22-18(24)14-5-3-4-6-16(14)21/h3-8,10-11H,2,9H2,1H3,(H,22,24)(H,23,25). The number of halogens is 1. The maximum Gasteiger partial charge on any atom is 0.349 e. The van der Waals surface area contributed by atoms with Gasteiger partial charge in [0.15, 0.2) is 0 Å². The average molecular weight is 384 g/mol. The molecule has 0 radical (unpaired) electrons. The number of carbonyl (C=O) groups is 2. The number of hydrazine groups is 1. The number of hydrogen-bond acceptors (Lipinski definition) is 5. The first-order chi connectivity index (χ1) is 13.5. The maximum absolute atomic E-state index is 13.6. The Morgan fingerprint density at radius 2 is 1.75 bits per heavy atom. The van der Waals surface area contributed by atoms with Crippen LogP contribution in [0, 0.1) is 5.82 Å². The van der Waals surface area contributed by atoms with Crippen molar-refractivity contribution in [1.82, 2.24) is 10.9 Å². The highest BCUT2D eigenvalue weighted by molar-refractivity contribution is 6.00. The first-order valence-corrected chi connectivity index (χ1v) is 8.55. The Hall–Kier alpha value is -3.68. The van der Waals surface area contributed by atoms with Gasteiger partial charge in [0.2, 0.25) is 0 Å². The molecule has 28 heavy (non-hydrogen) atoms. The quantitative estimate of drug-likeness (QED) is 0.521. The molecule has 3 aromatic rings. The van der Waals surface area contributed by atoms with Crippen LogP contribution in [0.5, 0.6) is 5.75 Å². The predicted molar refractivity (Wildman–Crippen MR) is 99.6 cm³/mol. The van der Waals surface area contributed by atoms with E-state index >= 15 is 0 Å². The summed E-state index contributed by atoms with van der Waals surface area (Å²) < 4.78 is 24.2. The Kier molecular flexibility index (Phi) is 5.69. The first-order valence-electron chi connectivity index (χ1n) is 8.55. The highest BCUT2D eigenvalue weighted by Crippen LogP contribution is 2.20. The zero-order chi connectivity index (χ0) is 20.1. The van der Waals surface area contributed by atoms with Crippen LogP contribution in [-0.2, 0) is 0 Å². The van der Waals surface area contributed by atoms with Crippen LogP contribution in [0.4, 0.5) is 4.39 Å². The van der Waals surface area contributed by atoms with Crippen molar-refractivity contribution in [3.63, 3.8) is 0 Å². The summed E-state index contributed by atoms with van der Waals surface area (Å²) in [7, 11) is 0. The summed E-state index contributed by atoms with van der Waals surface area (Å²) in [5, 5.41) is 0.508. The number of benzene rings is 2. The molecule has 2 amide bonds. The van der Waals surface area contributed by atoms with Crippen LogP contribution in [0.3, 0.4) is 0 Å². The van der Waals surface area contributed by atoms with Gasteiger partial charge in [0.05, 0.1) is 12.2 Å². The van der Waals surface area contributed by atoms with Gasteiger partial charge in [-0.25, -0.2) is 9.18 Å². The molecule has 144 valence electrons. The second kappa shape index (κ2) is 8.34. The van der Waals surface area contributed by atoms with Crippen LogP contribution in [-0.4, -0.2) is 18.4 Å². The third-order valence-corrected chi connectivity index (χ3v) is 3.83. The van der Waals surface area contributed by atoms with Gasteiger partial charge in [-0.3, -0.25) is 20.4 Å². The van der Waals surface area contributed by atoms with Crippen molar-refractivity contribution in [2.24, 2.45) is 0 Å². The van der Waals surface area contributed by atoms with Gasteiger partial charge in [0.1, 0.15) is 22.7 Å². The molecule has 0 saturated carbocycles. The minimum absolute atomic E-state index is 0.243. The summed E-state index contributed by atoms with van der Waals surface area (Å²) in [6, 6.07) is 11.5. The van der Waals surface area contributed by atoms with E-state index < -0.39 is 23.3 Å². The highest BCUT2D eigenvalue weighted by Gasteiger charge is 2.16. The predicted octanol–water partition coefficient (Wildman–Crippen LogP) is 2.80. The monoisotopic (exact) mass is 384 g/mol. The largest absolute Gasteiger partial charge is 0.493 e. The fraction of sp³-hybridized carbons (Fsp3) is 0.150. The van der Waals surface area contributed by atoms with E-state index in [0.717, 1.165) is 12.5 Å². The molecule has 0 aliphatic heterocycles. The molecule has 1 aromatic heterocycles. The lowest BCUT2D eigenvalue weighted by atomic mass is 10.1. The van der Waals surface area contributed by atoms with Crippen LogP contribution in [0.2, 0.25) is 0 Å². The van der Waals surface area contributed by atoms with Crippen molar-refractivity contribution in [2.45, 2.75) is 13.3 Å². The third-order valence-electron chi connectivity index (χ3n) is 3.83. The Bertz CT molecular complexity index is 1090.